The van der Waals surface area contributed by atoms with Gasteiger partial charge in [-0.05, 0) is 49.2 Å². The number of carbonyl (C=O) groups excluding carboxylic acids is 3. The number of carbonyl (C=O) groups is 3. The smallest absolute Gasteiger partial charge is 0.272 e. The molecule has 0 unspecified atom stereocenters. The molecule has 0 bridgehead atoms. The second-order valence-corrected chi connectivity index (χ2v) is 12.3. The van der Waals surface area contributed by atoms with Gasteiger partial charge in [-0.1, -0.05) is 6.92 Å². The first-order chi connectivity index (χ1) is 19.1. The van der Waals surface area contributed by atoms with Crippen LogP contribution in [0, 0.1) is 0 Å². The third-order valence-corrected chi connectivity index (χ3v) is 9.37. The number of hydrogen-bond donors (Lipinski definition) is 3. The molecule has 3 amide bonds. The number of benzene rings is 1. The van der Waals surface area contributed by atoms with Crippen LogP contribution in [0.25, 0.3) is 0 Å². The zero-order valence-corrected chi connectivity index (χ0v) is 24.9. The fourth-order valence-corrected chi connectivity index (χ4v) is 7.03. The van der Waals surface area contributed by atoms with Crippen molar-refractivity contribution in [3.8, 4) is 0 Å². The summed E-state index contributed by atoms with van der Waals surface area (Å²) in [5, 5.41) is 3.20. The molecule has 3 N–H and O–H groups in total. The molecule has 0 spiro atoms. The van der Waals surface area contributed by atoms with Gasteiger partial charge in [0.15, 0.2) is 0 Å². The molecule has 12 nitrogen and oxygen atoms in total. The summed E-state index contributed by atoms with van der Waals surface area (Å²) >= 11 is 1.33. The van der Waals surface area contributed by atoms with Gasteiger partial charge in [0.25, 0.3) is 11.8 Å². The molecule has 1 aliphatic heterocycles. The van der Waals surface area contributed by atoms with Crippen LogP contribution in [-0.2, 0) is 37.3 Å². The number of nitrogens with zero attached hydrogens (tertiary/aromatic N) is 2. The van der Waals surface area contributed by atoms with Gasteiger partial charge in [-0.15, -0.1) is 11.3 Å². The summed E-state index contributed by atoms with van der Waals surface area (Å²) in [5.41, 5.74) is 6.11. The van der Waals surface area contributed by atoms with Crippen LogP contribution < -0.4 is 16.2 Å². The number of methoxy groups -OCH3 is 2. The highest BCUT2D eigenvalue weighted by Gasteiger charge is 2.29. The van der Waals surface area contributed by atoms with E-state index in [1.54, 1.807) is 0 Å². The lowest BCUT2D eigenvalue weighted by Crippen LogP contribution is -2.41. The number of nitrogens with one attached hydrogen (secondary N) is 3. The highest BCUT2D eigenvalue weighted by Crippen LogP contribution is 2.37. The van der Waals surface area contributed by atoms with E-state index in [-0.39, 0.29) is 36.8 Å². The molecule has 0 saturated carbocycles. The van der Waals surface area contributed by atoms with Crippen LogP contribution in [0.2, 0.25) is 0 Å². The Hall–Kier alpha value is -2.88. The zero-order chi connectivity index (χ0) is 29.3. The lowest BCUT2D eigenvalue weighted by molar-refractivity contribution is -0.119. The fraction of sp³-hybridized carbons (Fsp3) is 0.500. The maximum absolute atomic E-state index is 13.2. The first-order valence-electron chi connectivity index (χ1n) is 13.0. The van der Waals surface area contributed by atoms with Crippen molar-refractivity contribution in [1.82, 2.24) is 20.1 Å². The summed E-state index contributed by atoms with van der Waals surface area (Å²) in [6, 6.07) is 5.62. The Kier molecular flexibility index (Phi) is 11.6. The molecule has 0 fully saturated rings. The molecule has 1 aromatic heterocycles. The fourth-order valence-electron chi connectivity index (χ4n) is 4.34. The first-order valence-corrected chi connectivity index (χ1v) is 15.2. The maximum Gasteiger partial charge on any atom is 0.272 e. The van der Waals surface area contributed by atoms with Crippen LogP contribution in [-0.4, -0.2) is 89.0 Å². The molecule has 40 heavy (non-hydrogen) atoms. The first kappa shape index (κ1) is 31.6. The minimum absolute atomic E-state index is 0.0363. The molecule has 1 aliphatic rings. The van der Waals surface area contributed by atoms with Gasteiger partial charge in [0.05, 0.1) is 23.7 Å². The van der Waals surface area contributed by atoms with Crippen LogP contribution in [0.5, 0.6) is 0 Å². The van der Waals surface area contributed by atoms with Gasteiger partial charge >= 0.3 is 0 Å². The van der Waals surface area contributed by atoms with E-state index >= 15 is 0 Å². The Morgan fingerprint density at radius 2 is 1.68 bits per heavy atom. The summed E-state index contributed by atoms with van der Waals surface area (Å²) < 4.78 is 37.7. The predicted octanol–water partition coefficient (Wildman–Crippen LogP) is 1.83. The molecule has 3 rings (SSSR count). The molecule has 1 aromatic carbocycles. The van der Waals surface area contributed by atoms with Crippen molar-refractivity contribution in [3.63, 3.8) is 0 Å². The quantitative estimate of drug-likeness (QED) is 0.298. The van der Waals surface area contributed by atoms with E-state index in [1.807, 2.05) is 0 Å². The SMILES string of the molecule is CCCN1CCc2c(sc(NC(=O)c3ccc(S(=O)(=O)N(CCOC)CCOC)cc3)c2C(=O)NNC(C)=O)C1. The summed E-state index contributed by atoms with van der Waals surface area (Å²) in [6.45, 7) is 6.54. The van der Waals surface area contributed by atoms with Crippen molar-refractivity contribution in [2.45, 2.75) is 38.1 Å². The maximum atomic E-state index is 13.2. The summed E-state index contributed by atoms with van der Waals surface area (Å²) in [6.07, 6.45) is 1.64. The van der Waals surface area contributed by atoms with Gasteiger partial charge in [-0.2, -0.15) is 4.31 Å². The molecular formula is C26H37N5O7S2. The summed E-state index contributed by atoms with van der Waals surface area (Å²) in [5.74, 6) is -1.42. The average molecular weight is 596 g/mol. The molecule has 0 aliphatic carbocycles. The van der Waals surface area contributed by atoms with Gasteiger partial charge in [0.1, 0.15) is 5.00 Å². The standard InChI is InChI=1S/C26H37N5O7S2/c1-5-11-30-12-10-21-22(17-30)39-26(23(21)25(34)29-28-18(2)32)27-24(33)19-6-8-20(9-7-19)40(35,36)31(13-15-37-3)14-16-38-4/h6-9H,5,10-17H2,1-4H3,(H,27,33)(H,28,32)(H,29,34). The van der Waals surface area contributed by atoms with Crippen LogP contribution in [0.1, 0.15) is 51.4 Å². The molecule has 0 saturated heterocycles. The second-order valence-electron chi connectivity index (χ2n) is 9.24. The number of fused-ring (bicyclic) bond motifs is 1. The predicted molar refractivity (Wildman–Crippen MR) is 152 cm³/mol. The van der Waals surface area contributed by atoms with Crippen molar-refractivity contribution in [1.29, 1.82) is 0 Å². The number of hydrazine groups is 1. The minimum atomic E-state index is -3.84. The third kappa shape index (κ3) is 7.86. The van der Waals surface area contributed by atoms with E-state index in [9.17, 15) is 22.8 Å². The van der Waals surface area contributed by atoms with Crippen molar-refractivity contribution >= 4 is 44.1 Å². The molecule has 0 radical (unpaired) electrons. The van der Waals surface area contributed by atoms with Crippen LogP contribution >= 0.6 is 11.3 Å². The van der Waals surface area contributed by atoms with Crippen LogP contribution in [0.4, 0.5) is 5.00 Å². The highest BCUT2D eigenvalue weighted by molar-refractivity contribution is 7.89. The number of rotatable bonds is 13. The molecule has 220 valence electrons. The number of amides is 3. The van der Waals surface area contributed by atoms with E-state index in [0.717, 1.165) is 30.0 Å². The molecule has 0 atom stereocenters. The van der Waals surface area contributed by atoms with Gasteiger partial charge < -0.3 is 14.8 Å². The normalized spacial score (nSPS) is 13.6. The second kappa shape index (κ2) is 14.7. The topological polar surface area (TPSA) is 146 Å². The molecule has 2 aromatic rings. The van der Waals surface area contributed by atoms with E-state index in [0.29, 0.717) is 23.5 Å². The molecule has 2 heterocycles. The van der Waals surface area contributed by atoms with Crippen molar-refractivity contribution in [3.05, 3.63) is 45.8 Å². The lowest BCUT2D eigenvalue weighted by Gasteiger charge is -2.26. The number of anilines is 1. The Morgan fingerprint density at radius 1 is 1.02 bits per heavy atom. The van der Waals surface area contributed by atoms with E-state index in [1.165, 1.54) is 61.1 Å². The van der Waals surface area contributed by atoms with Gasteiger partial charge in [-0.3, -0.25) is 30.1 Å². The van der Waals surface area contributed by atoms with Crippen LogP contribution in [0.15, 0.2) is 29.2 Å². The average Bonchev–Trinajstić information content (AvgIpc) is 3.28. The van der Waals surface area contributed by atoms with Crippen molar-refractivity contribution in [2.24, 2.45) is 0 Å². The number of thiophene rings is 1. The van der Waals surface area contributed by atoms with E-state index < -0.39 is 27.7 Å². The van der Waals surface area contributed by atoms with Gasteiger partial charge in [0, 0.05) is 57.8 Å². The lowest BCUT2D eigenvalue weighted by atomic mass is 10.0. The monoisotopic (exact) mass is 595 g/mol. The third-order valence-electron chi connectivity index (χ3n) is 6.33. The Balaban J connectivity index is 1.84. The number of hydrogen-bond acceptors (Lipinski definition) is 9. The molecule has 14 heteroatoms. The van der Waals surface area contributed by atoms with Crippen LogP contribution in [0.3, 0.4) is 0 Å². The summed E-state index contributed by atoms with van der Waals surface area (Å²) in [4.78, 5) is 40.9. The molecular weight excluding hydrogens is 558 g/mol. The number of ether oxygens (including phenoxy) is 2. The van der Waals surface area contributed by atoms with Gasteiger partial charge in [-0.25, -0.2) is 8.42 Å². The zero-order valence-electron chi connectivity index (χ0n) is 23.2. The Labute approximate surface area is 239 Å². The van der Waals surface area contributed by atoms with Crippen molar-refractivity contribution in [2.75, 3.05) is 58.9 Å². The Bertz CT molecular complexity index is 1290. The van der Waals surface area contributed by atoms with Gasteiger partial charge in [0.2, 0.25) is 15.9 Å². The largest absolute Gasteiger partial charge is 0.383 e. The Morgan fingerprint density at radius 3 is 2.25 bits per heavy atom. The van der Waals surface area contributed by atoms with Crippen molar-refractivity contribution < 1.29 is 32.3 Å². The highest BCUT2D eigenvalue weighted by atomic mass is 32.2. The number of sulfonamides is 1. The van der Waals surface area contributed by atoms with E-state index in [4.69, 9.17) is 9.47 Å². The minimum Gasteiger partial charge on any atom is -0.383 e. The summed E-state index contributed by atoms with van der Waals surface area (Å²) in [7, 11) is -0.849. The van der Waals surface area contributed by atoms with E-state index in [2.05, 4.69) is 28.0 Å².